The van der Waals surface area contributed by atoms with Crippen LogP contribution in [0.15, 0.2) is 28.7 Å². The van der Waals surface area contributed by atoms with Crippen molar-refractivity contribution >= 4 is 39.9 Å². The van der Waals surface area contributed by atoms with Gasteiger partial charge in [-0.1, -0.05) is 0 Å². The number of ether oxygens (including phenoxy) is 1. The summed E-state index contributed by atoms with van der Waals surface area (Å²) >= 11 is 1.40. The summed E-state index contributed by atoms with van der Waals surface area (Å²) in [5, 5.41) is 13.4. The molecule has 2 N–H and O–H groups in total. The highest BCUT2D eigenvalue weighted by Crippen LogP contribution is 2.31. The van der Waals surface area contributed by atoms with E-state index in [1.165, 1.54) is 17.4 Å². The van der Waals surface area contributed by atoms with E-state index in [-0.39, 0.29) is 17.6 Å². The number of hydrogen-bond donors (Lipinski definition) is 2. The maximum Gasteiger partial charge on any atom is 0.371 e. The van der Waals surface area contributed by atoms with Gasteiger partial charge >= 0.3 is 5.97 Å². The molecule has 2 aromatic heterocycles. The number of thiazole rings is 1. The number of furan rings is 1. The summed E-state index contributed by atoms with van der Waals surface area (Å²) in [6.45, 7) is 3.20. The summed E-state index contributed by atoms with van der Waals surface area (Å²) in [7, 11) is 0. The molecule has 26 heavy (non-hydrogen) atoms. The van der Waals surface area contributed by atoms with Gasteiger partial charge in [-0.15, -0.1) is 11.3 Å². The molecule has 0 saturated carbocycles. The Balaban J connectivity index is 1.56. The highest BCUT2D eigenvalue weighted by molar-refractivity contribution is 7.14. The highest BCUT2D eigenvalue weighted by Gasteiger charge is 2.24. The molecule has 8 heteroatoms. The third kappa shape index (κ3) is 3.09. The van der Waals surface area contributed by atoms with E-state index < -0.39 is 5.97 Å². The van der Waals surface area contributed by atoms with Gasteiger partial charge in [0.05, 0.1) is 17.3 Å². The first-order valence-corrected chi connectivity index (χ1v) is 8.96. The number of carboxylic acid groups (broad SMARTS) is 1. The molecule has 7 nitrogen and oxygen atoms in total. The molecule has 1 aliphatic heterocycles. The number of rotatable bonds is 4. The van der Waals surface area contributed by atoms with E-state index in [0.29, 0.717) is 33.8 Å². The molecule has 1 aromatic carbocycles. The average molecular weight is 372 g/mol. The van der Waals surface area contributed by atoms with Crippen molar-refractivity contribution in [2.24, 2.45) is 0 Å². The Bertz CT molecular complexity index is 1000. The quantitative estimate of drug-likeness (QED) is 0.725. The van der Waals surface area contributed by atoms with Gasteiger partial charge in [0.2, 0.25) is 5.76 Å². The molecule has 0 spiro atoms. The second-order valence-electron chi connectivity index (χ2n) is 6.15. The fraction of sp³-hybridized carbons (Fsp3) is 0.278. The van der Waals surface area contributed by atoms with Crippen LogP contribution in [0.25, 0.3) is 11.0 Å². The van der Waals surface area contributed by atoms with Crippen LogP contribution in [0.3, 0.4) is 0 Å². The Kier molecular flexibility index (Phi) is 4.21. The van der Waals surface area contributed by atoms with Gasteiger partial charge in [-0.2, -0.15) is 0 Å². The third-order valence-electron chi connectivity index (χ3n) is 4.28. The molecule has 1 amide bonds. The largest absolute Gasteiger partial charge is 0.475 e. The number of nitrogens with one attached hydrogen (secondary N) is 1. The van der Waals surface area contributed by atoms with E-state index in [1.54, 1.807) is 18.2 Å². The maximum absolute atomic E-state index is 12.6. The van der Waals surface area contributed by atoms with Gasteiger partial charge in [0.1, 0.15) is 10.5 Å². The van der Waals surface area contributed by atoms with E-state index >= 15 is 0 Å². The van der Waals surface area contributed by atoms with Crippen molar-refractivity contribution in [1.29, 1.82) is 0 Å². The molecule has 1 aliphatic rings. The lowest BCUT2D eigenvalue weighted by Crippen LogP contribution is -2.11. The Morgan fingerprint density at radius 1 is 1.35 bits per heavy atom. The van der Waals surface area contributed by atoms with Crippen LogP contribution in [-0.2, 0) is 4.74 Å². The van der Waals surface area contributed by atoms with Crippen molar-refractivity contribution in [2.75, 3.05) is 18.5 Å². The second-order valence-corrected chi connectivity index (χ2v) is 7.18. The fourth-order valence-corrected chi connectivity index (χ4v) is 4.03. The Morgan fingerprint density at radius 2 is 2.19 bits per heavy atom. The van der Waals surface area contributed by atoms with Gasteiger partial charge in [-0.05, 0) is 37.6 Å². The number of amides is 1. The molecule has 3 aromatic rings. The lowest BCUT2D eigenvalue weighted by atomic mass is 10.1. The number of benzene rings is 1. The Morgan fingerprint density at radius 3 is 2.92 bits per heavy atom. The molecular formula is C18H16N2O5S. The van der Waals surface area contributed by atoms with Crippen molar-refractivity contribution < 1.29 is 23.8 Å². The maximum atomic E-state index is 12.6. The first-order chi connectivity index (χ1) is 12.5. The number of hydrogen-bond acceptors (Lipinski definition) is 6. The molecule has 1 atom stereocenters. The monoisotopic (exact) mass is 372 g/mol. The molecule has 134 valence electrons. The van der Waals surface area contributed by atoms with Crippen LogP contribution < -0.4 is 5.32 Å². The smallest absolute Gasteiger partial charge is 0.371 e. The Labute approximate surface area is 152 Å². The topological polar surface area (TPSA) is 102 Å². The van der Waals surface area contributed by atoms with Gasteiger partial charge in [0.15, 0.2) is 0 Å². The van der Waals surface area contributed by atoms with Crippen molar-refractivity contribution in [1.82, 2.24) is 4.98 Å². The molecule has 1 fully saturated rings. The zero-order valence-electron chi connectivity index (χ0n) is 13.9. The van der Waals surface area contributed by atoms with Crippen LogP contribution >= 0.6 is 11.3 Å². The van der Waals surface area contributed by atoms with Gasteiger partial charge in [0, 0.05) is 23.6 Å². The number of carbonyl (C=O) groups excluding carboxylic acids is 1. The van der Waals surface area contributed by atoms with E-state index in [9.17, 15) is 9.59 Å². The first-order valence-electron chi connectivity index (χ1n) is 8.14. The third-order valence-corrected chi connectivity index (χ3v) is 5.60. The number of anilines is 1. The van der Waals surface area contributed by atoms with Crippen LogP contribution in [-0.4, -0.2) is 35.2 Å². The standard InChI is InChI=1S/C18H16N2O5S/c1-9-15(26-17(19-9)10-4-5-24-8-10)16(21)20-12-2-3-13-11(6-12)7-14(25-13)18(22)23/h2-3,6-7,10H,4-5,8H2,1H3,(H,20,21)(H,22,23). The molecule has 0 radical (unpaired) electrons. The zero-order valence-corrected chi connectivity index (χ0v) is 14.8. The molecule has 0 aliphatic carbocycles. The van der Waals surface area contributed by atoms with E-state index in [2.05, 4.69) is 10.3 Å². The van der Waals surface area contributed by atoms with Crippen LogP contribution in [0.5, 0.6) is 0 Å². The normalized spacial score (nSPS) is 16.9. The minimum absolute atomic E-state index is 0.134. The van der Waals surface area contributed by atoms with Gasteiger partial charge in [0.25, 0.3) is 5.91 Å². The number of aromatic carboxylic acids is 1. The molecule has 0 bridgehead atoms. The fourth-order valence-electron chi connectivity index (χ4n) is 2.95. The SMILES string of the molecule is Cc1nc(C2CCOC2)sc1C(=O)Nc1ccc2oc(C(=O)O)cc2c1. The summed E-state index contributed by atoms with van der Waals surface area (Å²) in [5.74, 6) is -1.23. The Hall–Kier alpha value is -2.71. The van der Waals surface area contributed by atoms with E-state index in [0.717, 1.165) is 18.0 Å². The molecule has 1 saturated heterocycles. The first kappa shape index (κ1) is 16.7. The summed E-state index contributed by atoms with van der Waals surface area (Å²) < 4.78 is 10.6. The molecule has 1 unspecified atom stereocenters. The van der Waals surface area contributed by atoms with Gasteiger partial charge < -0.3 is 19.6 Å². The molecule has 3 heterocycles. The van der Waals surface area contributed by atoms with Crippen LogP contribution in [0.2, 0.25) is 0 Å². The lowest BCUT2D eigenvalue weighted by Gasteiger charge is -2.04. The van der Waals surface area contributed by atoms with Crippen molar-refractivity contribution in [3.8, 4) is 0 Å². The predicted molar refractivity (Wildman–Crippen MR) is 96.2 cm³/mol. The van der Waals surface area contributed by atoms with Crippen molar-refractivity contribution in [3.63, 3.8) is 0 Å². The van der Waals surface area contributed by atoms with Crippen LogP contribution in [0.1, 0.15) is 43.3 Å². The summed E-state index contributed by atoms with van der Waals surface area (Å²) in [5.41, 5.74) is 1.73. The highest BCUT2D eigenvalue weighted by atomic mass is 32.1. The number of fused-ring (bicyclic) bond motifs is 1. The van der Waals surface area contributed by atoms with Crippen molar-refractivity contribution in [3.05, 3.63) is 45.6 Å². The number of carbonyl (C=O) groups is 2. The van der Waals surface area contributed by atoms with E-state index in [1.807, 2.05) is 6.92 Å². The summed E-state index contributed by atoms with van der Waals surface area (Å²) in [6.07, 6.45) is 0.928. The van der Waals surface area contributed by atoms with Crippen molar-refractivity contribution in [2.45, 2.75) is 19.3 Å². The number of carboxylic acids is 1. The zero-order chi connectivity index (χ0) is 18.3. The van der Waals surface area contributed by atoms with E-state index in [4.69, 9.17) is 14.3 Å². The van der Waals surface area contributed by atoms with Crippen LogP contribution in [0.4, 0.5) is 5.69 Å². The minimum Gasteiger partial charge on any atom is -0.475 e. The minimum atomic E-state index is -1.13. The second kappa shape index (κ2) is 6.54. The molecule has 4 rings (SSSR count). The number of aryl methyl sites for hydroxylation is 1. The van der Waals surface area contributed by atoms with Gasteiger partial charge in [-0.25, -0.2) is 9.78 Å². The average Bonchev–Trinajstić information content (AvgIpc) is 3.33. The van der Waals surface area contributed by atoms with Gasteiger partial charge in [-0.3, -0.25) is 4.79 Å². The lowest BCUT2D eigenvalue weighted by molar-refractivity contribution is 0.0665. The number of nitrogens with zero attached hydrogens (tertiary/aromatic N) is 1. The summed E-state index contributed by atoms with van der Waals surface area (Å²) in [6, 6.07) is 6.43. The van der Waals surface area contributed by atoms with Crippen LogP contribution in [0, 0.1) is 6.92 Å². The predicted octanol–water partition coefficient (Wildman–Crippen LogP) is 3.65. The molecular weight excluding hydrogens is 356 g/mol. The number of aromatic nitrogens is 1. The summed E-state index contributed by atoms with van der Waals surface area (Å²) in [4.78, 5) is 28.7.